The van der Waals surface area contributed by atoms with Crippen LogP contribution < -0.4 is 5.32 Å². The van der Waals surface area contributed by atoms with E-state index in [1.807, 2.05) is 16.7 Å². The molecular formula is C22H22FN5O. The lowest BCUT2D eigenvalue weighted by atomic mass is 9.83. The molecule has 2 N–H and O–H groups in total. The highest BCUT2D eigenvalue weighted by molar-refractivity contribution is 5.70. The van der Waals surface area contributed by atoms with Crippen LogP contribution in [0.5, 0.6) is 5.75 Å². The number of alkyl halides is 1. The molecule has 148 valence electrons. The van der Waals surface area contributed by atoms with Crippen molar-refractivity contribution >= 4 is 5.57 Å². The number of imidazole rings is 1. The van der Waals surface area contributed by atoms with Crippen molar-refractivity contribution in [2.45, 2.75) is 37.5 Å². The Morgan fingerprint density at radius 1 is 1.21 bits per heavy atom. The summed E-state index contributed by atoms with van der Waals surface area (Å²) >= 11 is 0. The monoisotopic (exact) mass is 391 g/mol. The fourth-order valence-corrected chi connectivity index (χ4v) is 4.48. The number of nitrogens with one attached hydrogen (secondary N) is 1. The molecule has 7 heteroatoms. The molecule has 2 aliphatic rings. The van der Waals surface area contributed by atoms with Gasteiger partial charge < -0.3 is 15.0 Å². The minimum absolute atomic E-state index is 0.0753. The highest BCUT2D eigenvalue weighted by atomic mass is 19.1. The van der Waals surface area contributed by atoms with Gasteiger partial charge in [-0.3, -0.25) is 0 Å². The molecule has 2 aliphatic heterocycles. The lowest BCUT2D eigenvalue weighted by Crippen LogP contribution is -2.47. The Bertz CT molecular complexity index is 1030. The van der Waals surface area contributed by atoms with Gasteiger partial charge in [-0.25, -0.2) is 9.37 Å². The first-order valence-electron chi connectivity index (χ1n) is 9.85. The minimum Gasteiger partial charge on any atom is -0.507 e. The number of phenols is 1. The number of aromatic hydroxyl groups is 1. The van der Waals surface area contributed by atoms with Crippen LogP contribution in [0.2, 0.25) is 0 Å². The zero-order valence-corrected chi connectivity index (χ0v) is 15.9. The second kappa shape index (κ2) is 7.08. The van der Waals surface area contributed by atoms with Crippen LogP contribution in [0.15, 0.2) is 55.6 Å². The number of aromatic nitrogens is 4. The second-order valence-electron chi connectivity index (χ2n) is 7.83. The largest absolute Gasteiger partial charge is 0.507 e. The standard InChI is InChI=1S/C22H22FN5O/c1-13(17-10-14-2-5-20(25-14)22(17)23)18-6-7-19(27-26-18)16-4-3-15(11-21(16)29)28-9-8-24-12-28/h3-4,6-9,11-12,14,17,20,22,25,29H,1-2,5,10H2. The van der Waals surface area contributed by atoms with Crippen LogP contribution in [0.4, 0.5) is 4.39 Å². The van der Waals surface area contributed by atoms with Gasteiger partial charge in [0, 0.05) is 42.0 Å². The molecular weight excluding hydrogens is 369 g/mol. The Labute approximate surface area is 168 Å². The quantitative estimate of drug-likeness (QED) is 0.712. The van der Waals surface area contributed by atoms with E-state index in [1.165, 1.54) is 0 Å². The van der Waals surface area contributed by atoms with Crippen LogP contribution in [-0.2, 0) is 0 Å². The summed E-state index contributed by atoms with van der Waals surface area (Å²) in [6, 6.07) is 9.23. The molecule has 5 rings (SSSR count). The smallest absolute Gasteiger partial charge is 0.127 e. The molecule has 0 radical (unpaired) electrons. The van der Waals surface area contributed by atoms with Crippen LogP contribution in [0, 0.1) is 5.92 Å². The number of benzene rings is 1. The van der Waals surface area contributed by atoms with Gasteiger partial charge in [-0.1, -0.05) is 6.58 Å². The van der Waals surface area contributed by atoms with Gasteiger partial charge in [0.1, 0.15) is 11.9 Å². The molecule has 2 fully saturated rings. The summed E-state index contributed by atoms with van der Waals surface area (Å²) in [7, 11) is 0. The fourth-order valence-electron chi connectivity index (χ4n) is 4.48. The van der Waals surface area contributed by atoms with Crippen molar-refractivity contribution in [3.8, 4) is 22.7 Å². The van der Waals surface area contributed by atoms with Gasteiger partial charge in [0.2, 0.25) is 0 Å². The van der Waals surface area contributed by atoms with Gasteiger partial charge in [0.25, 0.3) is 0 Å². The topological polar surface area (TPSA) is 75.9 Å². The first kappa shape index (κ1) is 18.0. The van der Waals surface area contributed by atoms with Gasteiger partial charge >= 0.3 is 0 Å². The van der Waals surface area contributed by atoms with E-state index in [0.29, 0.717) is 28.6 Å². The maximum absolute atomic E-state index is 14.8. The zero-order chi connectivity index (χ0) is 20.0. The Morgan fingerprint density at radius 2 is 2.10 bits per heavy atom. The first-order chi connectivity index (χ1) is 14.1. The number of nitrogens with zero attached hydrogens (tertiary/aromatic N) is 4. The number of rotatable bonds is 4. The second-order valence-corrected chi connectivity index (χ2v) is 7.83. The molecule has 4 unspecified atom stereocenters. The molecule has 4 heterocycles. The van der Waals surface area contributed by atoms with E-state index in [9.17, 15) is 9.50 Å². The highest BCUT2D eigenvalue weighted by Gasteiger charge is 2.43. The van der Waals surface area contributed by atoms with Crippen LogP contribution in [0.3, 0.4) is 0 Å². The van der Waals surface area contributed by atoms with E-state index in [-0.39, 0.29) is 17.7 Å². The van der Waals surface area contributed by atoms with Gasteiger partial charge in [-0.05, 0) is 49.1 Å². The number of allylic oxidation sites excluding steroid dienone is 1. The molecule has 0 saturated carbocycles. The third-order valence-electron chi connectivity index (χ3n) is 6.08. The molecule has 2 saturated heterocycles. The highest BCUT2D eigenvalue weighted by Crippen LogP contribution is 2.39. The summed E-state index contributed by atoms with van der Waals surface area (Å²) in [6.07, 6.45) is 6.86. The maximum Gasteiger partial charge on any atom is 0.127 e. The normalized spacial score (nSPS) is 25.8. The number of hydrogen-bond donors (Lipinski definition) is 2. The van der Waals surface area contributed by atoms with Gasteiger partial charge in [0.15, 0.2) is 0 Å². The van der Waals surface area contributed by atoms with Crippen molar-refractivity contribution in [3.05, 3.63) is 61.3 Å². The van der Waals surface area contributed by atoms with Crippen LogP contribution in [0.25, 0.3) is 22.5 Å². The van der Waals surface area contributed by atoms with Crippen molar-refractivity contribution in [1.29, 1.82) is 0 Å². The molecule has 1 aromatic carbocycles. The van der Waals surface area contributed by atoms with E-state index in [0.717, 1.165) is 24.9 Å². The molecule has 0 spiro atoms. The maximum atomic E-state index is 14.8. The third kappa shape index (κ3) is 3.21. The van der Waals surface area contributed by atoms with E-state index >= 15 is 0 Å². The van der Waals surface area contributed by atoms with Crippen molar-refractivity contribution in [3.63, 3.8) is 0 Å². The SMILES string of the molecule is C=C(c1ccc(-c2ccc(-n3ccnc3)cc2O)nn1)C1CC2CCC(N2)C1F. The number of halogens is 1. The Balaban J connectivity index is 1.37. The molecule has 0 amide bonds. The van der Waals surface area contributed by atoms with Gasteiger partial charge in [0.05, 0.1) is 23.4 Å². The van der Waals surface area contributed by atoms with E-state index in [1.54, 1.807) is 36.9 Å². The summed E-state index contributed by atoms with van der Waals surface area (Å²) in [5, 5.41) is 22.3. The molecule has 0 aliphatic carbocycles. The van der Waals surface area contributed by atoms with Crippen molar-refractivity contribution in [2.24, 2.45) is 5.92 Å². The van der Waals surface area contributed by atoms with Crippen LogP contribution in [0.1, 0.15) is 25.0 Å². The molecule has 4 atom stereocenters. The lowest BCUT2D eigenvalue weighted by Gasteiger charge is -2.33. The number of piperidine rings is 1. The van der Waals surface area contributed by atoms with Crippen molar-refractivity contribution in [1.82, 2.24) is 25.1 Å². The average molecular weight is 391 g/mol. The van der Waals surface area contributed by atoms with Crippen molar-refractivity contribution in [2.75, 3.05) is 0 Å². The Kier molecular flexibility index (Phi) is 4.39. The van der Waals surface area contributed by atoms with Gasteiger partial charge in [-0.15, -0.1) is 5.10 Å². The zero-order valence-electron chi connectivity index (χ0n) is 15.9. The van der Waals surface area contributed by atoms with E-state index in [4.69, 9.17) is 0 Å². The lowest BCUT2D eigenvalue weighted by molar-refractivity contribution is 0.167. The molecule has 6 nitrogen and oxygen atoms in total. The number of phenolic OH excluding ortho intramolecular Hbond substituents is 1. The summed E-state index contributed by atoms with van der Waals surface area (Å²) in [5.74, 6) is -0.118. The summed E-state index contributed by atoms with van der Waals surface area (Å²) in [6.45, 7) is 4.13. The number of fused-ring (bicyclic) bond motifs is 2. The Morgan fingerprint density at radius 3 is 2.83 bits per heavy atom. The predicted octanol–water partition coefficient (Wildman–Crippen LogP) is 3.53. The van der Waals surface area contributed by atoms with E-state index in [2.05, 4.69) is 27.1 Å². The summed E-state index contributed by atoms with van der Waals surface area (Å²) in [4.78, 5) is 4.01. The molecule has 2 aromatic heterocycles. The molecule has 29 heavy (non-hydrogen) atoms. The predicted molar refractivity (Wildman–Crippen MR) is 108 cm³/mol. The third-order valence-corrected chi connectivity index (χ3v) is 6.08. The van der Waals surface area contributed by atoms with Crippen molar-refractivity contribution < 1.29 is 9.50 Å². The summed E-state index contributed by atoms with van der Waals surface area (Å²) < 4.78 is 16.6. The fraction of sp³-hybridized carbons (Fsp3) is 0.318. The first-order valence-corrected chi connectivity index (χ1v) is 9.85. The van der Waals surface area contributed by atoms with E-state index < -0.39 is 6.17 Å². The molecule has 2 bridgehead atoms. The summed E-state index contributed by atoms with van der Waals surface area (Å²) in [5.41, 5.74) is 3.25. The van der Waals surface area contributed by atoms with Gasteiger partial charge in [-0.2, -0.15) is 5.10 Å². The number of hydrogen-bond acceptors (Lipinski definition) is 5. The van der Waals surface area contributed by atoms with Crippen LogP contribution >= 0.6 is 0 Å². The Hall–Kier alpha value is -3.06. The minimum atomic E-state index is -0.942. The average Bonchev–Trinajstić information content (AvgIpc) is 3.41. The molecule has 3 aromatic rings. The van der Waals surface area contributed by atoms with Crippen LogP contribution in [-0.4, -0.2) is 43.1 Å².